The van der Waals surface area contributed by atoms with Crippen molar-refractivity contribution in [2.45, 2.75) is 19.4 Å². The maximum absolute atomic E-state index is 13.1. The molecule has 3 aromatic rings. The fraction of sp³-hybridized carbons (Fsp3) is 0.280. The molecule has 6 nitrogen and oxygen atoms in total. The van der Waals surface area contributed by atoms with Crippen LogP contribution in [-0.4, -0.2) is 47.5 Å². The summed E-state index contributed by atoms with van der Waals surface area (Å²) in [5, 5.41) is 0.719. The summed E-state index contributed by atoms with van der Waals surface area (Å²) in [5.41, 5.74) is 4.08. The molecule has 0 N–H and O–H groups in total. The van der Waals surface area contributed by atoms with Gasteiger partial charge in [-0.05, 0) is 48.5 Å². The third-order valence-electron chi connectivity index (χ3n) is 6.26. The number of aromatic nitrogens is 1. The minimum atomic E-state index is -0.0157. The van der Waals surface area contributed by atoms with Gasteiger partial charge >= 0.3 is 0 Å². The monoisotopic (exact) mass is 448 g/mol. The Labute approximate surface area is 192 Å². The zero-order valence-corrected chi connectivity index (χ0v) is 18.5. The van der Waals surface area contributed by atoms with Crippen molar-refractivity contribution in [1.82, 2.24) is 9.47 Å². The highest BCUT2D eigenvalue weighted by Crippen LogP contribution is 2.32. The second-order valence-electron chi connectivity index (χ2n) is 8.18. The van der Waals surface area contributed by atoms with Crippen molar-refractivity contribution < 1.29 is 9.59 Å². The summed E-state index contributed by atoms with van der Waals surface area (Å²) in [7, 11) is 0. The Morgan fingerprint density at radius 1 is 0.781 bits per heavy atom. The Kier molecular flexibility index (Phi) is 5.62. The number of piperazine rings is 1. The molecule has 1 aromatic heterocycles. The van der Waals surface area contributed by atoms with Crippen molar-refractivity contribution in [2.24, 2.45) is 0 Å². The number of benzene rings is 2. The van der Waals surface area contributed by atoms with E-state index in [-0.39, 0.29) is 24.7 Å². The van der Waals surface area contributed by atoms with Crippen LogP contribution in [0.1, 0.15) is 18.5 Å². The van der Waals surface area contributed by atoms with E-state index in [1.165, 1.54) is 0 Å². The lowest BCUT2D eigenvalue weighted by atomic mass is 10.1. The quantitative estimate of drug-likeness (QED) is 0.603. The zero-order valence-electron chi connectivity index (χ0n) is 17.8. The number of anilines is 2. The lowest BCUT2D eigenvalue weighted by molar-refractivity contribution is -0.133. The Bertz CT molecular complexity index is 1130. The summed E-state index contributed by atoms with van der Waals surface area (Å²) < 4.78 is 2.12. The van der Waals surface area contributed by atoms with Crippen LogP contribution in [0.15, 0.2) is 66.9 Å². The summed E-state index contributed by atoms with van der Waals surface area (Å²) >= 11 is 5.98. The summed E-state index contributed by atoms with van der Waals surface area (Å²) in [6.45, 7) is 3.40. The molecule has 0 spiro atoms. The number of carbonyl (C=O) groups excluding carboxylic acids is 2. The molecule has 2 aromatic carbocycles. The standard InChI is InChI=1S/C25H25ClN4O2/c26-19-7-9-20(10-8-19)27-14-16-28(17-15-27)24(31)11-12-25(32)30-18-21-4-3-13-29(21)22-5-1-2-6-23(22)30/h1-10,13H,11-12,14-18H2. The number of fused-ring (bicyclic) bond motifs is 3. The van der Waals surface area contributed by atoms with Crippen LogP contribution in [-0.2, 0) is 16.1 Å². The Morgan fingerprint density at radius 3 is 2.22 bits per heavy atom. The van der Waals surface area contributed by atoms with Crippen LogP contribution in [0, 0.1) is 0 Å². The van der Waals surface area contributed by atoms with Gasteiger partial charge in [-0.25, -0.2) is 0 Å². The number of nitrogens with zero attached hydrogens (tertiary/aromatic N) is 4. The molecule has 2 aliphatic rings. The molecule has 3 heterocycles. The average molecular weight is 449 g/mol. The van der Waals surface area contributed by atoms with Crippen LogP contribution in [0.2, 0.25) is 5.02 Å². The average Bonchev–Trinajstić information content (AvgIpc) is 3.31. The largest absolute Gasteiger partial charge is 0.368 e. The smallest absolute Gasteiger partial charge is 0.227 e. The van der Waals surface area contributed by atoms with Gasteiger partial charge in [-0.15, -0.1) is 0 Å². The number of para-hydroxylation sites is 2. The number of hydrogen-bond acceptors (Lipinski definition) is 3. The van der Waals surface area contributed by atoms with E-state index in [0.717, 1.165) is 40.9 Å². The van der Waals surface area contributed by atoms with Crippen molar-refractivity contribution in [3.8, 4) is 5.69 Å². The van der Waals surface area contributed by atoms with Gasteiger partial charge in [0.05, 0.1) is 17.9 Å². The Hall–Kier alpha value is -3.25. The second kappa shape index (κ2) is 8.71. The van der Waals surface area contributed by atoms with E-state index in [1.807, 2.05) is 71.8 Å². The molecule has 0 atom stereocenters. The Morgan fingerprint density at radius 2 is 1.47 bits per heavy atom. The van der Waals surface area contributed by atoms with Gasteiger partial charge < -0.3 is 19.3 Å². The highest BCUT2D eigenvalue weighted by Gasteiger charge is 2.27. The van der Waals surface area contributed by atoms with E-state index in [9.17, 15) is 9.59 Å². The first-order chi connectivity index (χ1) is 15.6. The molecule has 164 valence electrons. The fourth-order valence-electron chi connectivity index (χ4n) is 4.52. The predicted molar refractivity (Wildman–Crippen MR) is 126 cm³/mol. The van der Waals surface area contributed by atoms with E-state index in [4.69, 9.17) is 11.6 Å². The van der Waals surface area contributed by atoms with Gasteiger partial charge in [-0.2, -0.15) is 0 Å². The number of carbonyl (C=O) groups is 2. The van der Waals surface area contributed by atoms with Crippen molar-refractivity contribution in [3.05, 3.63) is 77.6 Å². The molecule has 0 bridgehead atoms. The summed E-state index contributed by atoms with van der Waals surface area (Å²) in [6, 6.07) is 19.7. The highest BCUT2D eigenvalue weighted by molar-refractivity contribution is 6.30. The summed E-state index contributed by atoms with van der Waals surface area (Å²) in [6.07, 6.45) is 2.47. The first-order valence-electron chi connectivity index (χ1n) is 10.9. The molecule has 0 unspecified atom stereocenters. The van der Waals surface area contributed by atoms with Crippen LogP contribution in [0.25, 0.3) is 5.69 Å². The molecular weight excluding hydrogens is 424 g/mol. The molecule has 1 fully saturated rings. The van der Waals surface area contributed by atoms with Crippen LogP contribution < -0.4 is 9.80 Å². The van der Waals surface area contributed by atoms with E-state index >= 15 is 0 Å². The first-order valence-corrected chi connectivity index (χ1v) is 11.3. The molecule has 0 aliphatic carbocycles. The van der Waals surface area contributed by atoms with Gasteiger partial charge in [0.25, 0.3) is 0 Å². The molecular formula is C25H25ClN4O2. The number of hydrogen-bond donors (Lipinski definition) is 0. The molecule has 0 saturated carbocycles. The van der Waals surface area contributed by atoms with Crippen LogP contribution >= 0.6 is 11.6 Å². The zero-order chi connectivity index (χ0) is 22.1. The van der Waals surface area contributed by atoms with E-state index < -0.39 is 0 Å². The molecule has 2 aliphatic heterocycles. The molecule has 32 heavy (non-hydrogen) atoms. The van der Waals surface area contributed by atoms with Gasteiger partial charge in [0.2, 0.25) is 11.8 Å². The molecule has 1 saturated heterocycles. The summed E-state index contributed by atoms with van der Waals surface area (Å²) in [5.74, 6) is 0.0285. The Balaban J connectivity index is 1.17. The fourth-order valence-corrected chi connectivity index (χ4v) is 4.64. The minimum absolute atomic E-state index is 0.0157. The topological polar surface area (TPSA) is 48.8 Å². The van der Waals surface area contributed by atoms with E-state index in [2.05, 4.69) is 9.47 Å². The molecule has 7 heteroatoms. The molecule has 5 rings (SSSR count). The first kappa shape index (κ1) is 20.6. The van der Waals surface area contributed by atoms with Crippen LogP contribution in [0.3, 0.4) is 0 Å². The van der Waals surface area contributed by atoms with Crippen LogP contribution in [0.4, 0.5) is 11.4 Å². The van der Waals surface area contributed by atoms with Crippen molar-refractivity contribution in [3.63, 3.8) is 0 Å². The van der Waals surface area contributed by atoms with E-state index in [0.29, 0.717) is 19.6 Å². The molecule has 2 amide bonds. The van der Waals surface area contributed by atoms with Gasteiger partial charge in [-0.1, -0.05) is 23.7 Å². The summed E-state index contributed by atoms with van der Waals surface area (Å²) in [4.78, 5) is 31.8. The van der Waals surface area contributed by atoms with Crippen molar-refractivity contribution in [1.29, 1.82) is 0 Å². The van der Waals surface area contributed by atoms with Gasteiger partial charge in [0.1, 0.15) is 0 Å². The SMILES string of the molecule is O=C(CCC(=O)N1Cc2cccn2-c2ccccc21)N1CCN(c2ccc(Cl)cc2)CC1. The lowest BCUT2D eigenvalue weighted by Gasteiger charge is -2.36. The van der Waals surface area contributed by atoms with Crippen LogP contribution in [0.5, 0.6) is 0 Å². The van der Waals surface area contributed by atoms with Crippen molar-refractivity contribution >= 4 is 34.8 Å². The van der Waals surface area contributed by atoms with Gasteiger partial charge in [-0.3, -0.25) is 9.59 Å². The number of amides is 2. The number of rotatable bonds is 4. The van der Waals surface area contributed by atoms with Gasteiger partial charge in [0.15, 0.2) is 0 Å². The van der Waals surface area contributed by atoms with E-state index in [1.54, 1.807) is 4.90 Å². The highest BCUT2D eigenvalue weighted by atomic mass is 35.5. The second-order valence-corrected chi connectivity index (χ2v) is 8.62. The maximum atomic E-state index is 13.1. The molecule has 0 radical (unpaired) electrons. The third kappa shape index (κ3) is 3.98. The normalized spacial score (nSPS) is 15.3. The number of halogens is 1. The lowest BCUT2D eigenvalue weighted by Crippen LogP contribution is -2.49. The van der Waals surface area contributed by atoms with Gasteiger partial charge in [0, 0.05) is 61.6 Å². The third-order valence-corrected chi connectivity index (χ3v) is 6.52. The van der Waals surface area contributed by atoms with Crippen molar-refractivity contribution in [2.75, 3.05) is 36.0 Å². The minimum Gasteiger partial charge on any atom is -0.368 e. The maximum Gasteiger partial charge on any atom is 0.227 e. The predicted octanol–water partition coefficient (Wildman–Crippen LogP) is 4.11.